The number of fused-ring (bicyclic) bond motifs is 1. The standard InChI is InChI=1S/C14H20N2S2/c15-16-11(8-10-4-2-1-3-5-10)13-9-14-12(18-13)6-7-17-14/h6-7,9-11,16H,1-5,8,15H2. The Kier molecular flexibility index (Phi) is 3.99. The fraction of sp³-hybridized carbons (Fsp3) is 0.571. The van der Waals surface area contributed by atoms with Crippen LogP contribution in [-0.4, -0.2) is 0 Å². The molecule has 3 rings (SSSR count). The summed E-state index contributed by atoms with van der Waals surface area (Å²) < 4.78 is 2.80. The number of hydrogen-bond acceptors (Lipinski definition) is 4. The van der Waals surface area contributed by atoms with E-state index in [0.29, 0.717) is 6.04 Å². The summed E-state index contributed by atoms with van der Waals surface area (Å²) in [7, 11) is 0. The highest BCUT2D eigenvalue weighted by Crippen LogP contribution is 2.37. The third-order valence-electron chi connectivity index (χ3n) is 4.00. The smallest absolute Gasteiger partial charge is 0.0556 e. The second kappa shape index (κ2) is 5.70. The van der Waals surface area contributed by atoms with Crippen LogP contribution >= 0.6 is 22.7 Å². The van der Waals surface area contributed by atoms with Crippen LogP contribution in [0.4, 0.5) is 0 Å². The molecule has 18 heavy (non-hydrogen) atoms. The molecule has 0 radical (unpaired) electrons. The Morgan fingerprint density at radius 3 is 2.83 bits per heavy atom. The Hall–Kier alpha value is -0.420. The number of thiophene rings is 2. The normalized spacial score (nSPS) is 19.4. The molecule has 3 N–H and O–H groups in total. The Bertz CT molecular complexity index is 468. The molecule has 0 saturated heterocycles. The zero-order valence-electron chi connectivity index (χ0n) is 10.5. The molecule has 2 aromatic heterocycles. The van der Waals surface area contributed by atoms with Crippen LogP contribution in [0.3, 0.4) is 0 Å². The molecule has 1 saturated carbocycles. The molecule has 1 atom stereocenters. The van der Waals surface area contributed by atoms with E-state index < -0.39 is 0 Å². The molecule has 4 heteroatoms. The first-order valence-corrected chi connectivity index (χ1v) is 8.49. The molecule has 1 aliphatic rings. The molecule has 1 aliphatic carbocycles. The Morgan fingerprint density at radius 1 is 1.28 bits per heavy atom. The van der Waals surface area contributed by atoms with Gasteiger partial charge in [-0.25, -0.2) is 0 Å². The molecular formula is C14H20N2S2. The van der Waals surface area contributed by atoms with Crippen LogP contribution in [0.5, 0.6) is 0 Å². The molecule has 2 aromatic rings. The maximum atomic E-state index is 5.77. The van der Waals surface area contributed by atoms with Crippen molar-refractivity contribution >= 4 is 32.1 Å². The molecule has 1 unspecified atom stereocenters. The highest BCUT2D eigenvalue weighted by atomic mass is 32.1. The van der Waals surface area contributed by atoms with Gasteiger partial charge in [-0.05, 0) is 29.9 Å². The summed E-state index contributed by atoms with van der Waals surface area (Å²) in [4.78, 5) is 1.41. The van der Waals surface area contributed by atoms with Gasteiger partial charge in [-0.15, -0.1) is 22.7 Å². The predicted octanol–water partition coefficient (Wildman–Crippen LogP) is 4.44. The Balaban J connectivity index is 1.72. The average Bonchev–Trinajstić information content (AvgIpc) is 2.98. The van der Waals surface area contributed by atoms with Gasteiger partial charge in [-0.2, -0.15) is 0 Å². The minimum atomic E-state index is 0.345. The van der Waals surface area contributed by atoms with Crippen molar-refractivity contribution in [2.75, 3.05) is 0 Å². The highest BCUT2D eigenvalue weighted by Gasteiger charge is 2.21. The van der Waals surface area contributed by atoms with E-state index in [4.69, 9.17) is 5.84 Å². The van der Waals surface area contributed by atoms with Crippen molar-refractivity contribution in [1.82, 2.24) is 5.43 Å². The van der Waals surface area contributed by atoms with Gasteiger partial charge in [0.25, 0.3) is 0 Å². The van der Waals surface area contributed by atoms with Crippen LogP contribution in [0.1, 0.15) is 49.4 Å². The monoisotopic (exact) mass is 280 g/mol. The zero-order valence-corrected chi connectivity index (χ0v) is 12.2. The molecule has 2 heterocycles. The maximum absolute atomic E-state index is 5.77. The lowest BCUT2D eigenvalue weighted by molar-refractivity contribution is 0.303. The second-order valence-electron chi connectivity index (χ2n) is 5.26. The predicted molar refractivity (Wildman–Crippen MR) is 81.0 cm³/mol. The van der Waals surface area contributed by atoms with Crippen LogP contribution < -0.4 is 11.3 Å². The van der Waals surface area contributed by atoms with Crippen LogP contribution in [0.2, 0.25) is 0 Å². The van der Waals surface area contributed by atoms with Gasteiger partial charge in [0.05, 0.1) is 6.04 Å². The van der Waals surface area contributed by atoms with E-state index >= 15 is 0 Å². The minimum absolute atomic E-state index is 0.345. The van der Waals surface area contributed by atoms with E-state index in [9.17, 15) is 0 Å². The van der Waals surface area contributed by atoms with Crippen molar-refractivity contribution in [3.05, 3.63) is 22.4 Å². The van der Waals surface area contributed by atoms with Gasteiger partial charge >= 0.3 is 0 Å². The first kappa shape index (κ1) is 12.6. The largest absolute Gasteiger partial charge is 0.271 e. The summed E-state index contributed by atoms with van der Waals surface area (Å²) in [6, 6.07) is 4.87. The maximum Gasteiger partial charge on any atom is 0.0556 e. The quantitative estimate of drug-likeness (QED) is 0.642. The molecule has 2 nitrogen and oxygen atoms in total. The highest BCUT2D eigenvalue weighted by molar-refractivity contribution is 7.26. The third kappa shape index (κ3) is 2.62. The summed E-state index contributed by atoms with van der Waals surface area (Å²) in [6.07, 6.45) is 8.20. The molecule has 1 fully saturated rings. The first-order valence-electron chi connectivity index (χ1n) is 6.80. The Morgan fingerprint density at radius 2 is 2.11 bits per heavy atom. The van der Waals surface area contributed by atoms with E-state index in [1.807, 2.05) is 22.7 Å². The summed E-state index contributed by atoms with van der Waals surface area (Å²) in [5, 5.41) is 2.16. The van der Waals surface area contributed by atoms with E-state index in [-0.39, 0.29) is 0 Å². The molecule has 0 aliphatic heterocycles. The van der Waals surface area contributed by atoms with Gasteiger partial charge in [-0.3, -0.25) is 11.3 Å². The van der Waals surface area contributed by atoms with Crippen molar-refractivity contribution in [1.29, 1.82) is 0 Å². The van der Waals surface area contributed by atoms with Crippen LogP contribution in [0, 0.1) is 5.92 Å². The minimum Gasteiger partial charge on any atom is -0.271 e. The van der Waals surface area contributed by atoms with E-state index in [2.05, 4.69) is 22.9 Å². The van der Waals surface area contributed by atoms with Crippen LogP contribution in [0.15, 0.2) is 17.5 Å². The van der Waals surface area contributed by atoms with Crippen LogP contribution in [0.25, 0.3) is 9.40 Å². The number of rotatable bonds is 4. The number of nitrogens with one attached hydrogen (secondary N) is 1. The van der Waals surface area contributed by atoms with Crippen molar-refractivity contribution in [2.45, 2.75) is 44.6 Å². The molecule has 0 bridgehead atoms. The zero-order chi connectivity index (χ0) is 12.4. The fourth-order valence-electron chi connectivity index (χ4n) is 2.98. The lowest BCUT2D eigenvalue weighted by Gasteiger charge is -2.25. The van der Waals surface area contributed by atoms with Gasteiger partial charge in [-0.1, -0.05) is 32.1 Å². The average molecular weight is 280 g/mol. The third-order valence-corrected chi connectivity index (χ3v) is 6.20. The van der Waals surface area contributed by atoms with Crippen molar-refractivity contribution in [3.63, 3.8) is 0 Å². The van der Waals surface area contributed by atoms with Gasteiger partial charge in [0.2, 0.25) is 0 Å². The van der Waals surface area contributed by atoms with E-state index in [1.54, 1.807) is 0 Å². The number of nitrogens with two attached hydrogens (primary N) is 1. The summed E-state index contributed by atoms with van der Waals surface area (Å²) in [5.74, 6) is 6.63. The molecular weight excluding hydrogens is 260 g/mol. The lowest BCUT2D eigenvalue weighted by Crippen LogP contribution is -2.29. The van der Waals surface area contributed by atoms with Gasteiger partial charge in [0.15, 0.2) is 0 Å². The molecule has 0 aromatic carbocycles. The fourth-order valence-corrected chi connectivity index (χ4v) is 5.17. The van der Waals surface area contributed by atoms with Crippen molar-refractivity contribution in [3.8, 4) is 0 Å². The summed E-state index contributed by atoms with van der Waals surface area (Å²) in [5.41, 5.74) is 3.03. The first-order chi connectivity index (χ1) is 8.86. The summed E-state index contributed by atoms with van der Waals surface area (Å²) in [6.45, 7) is 0. The number of hydrogen-bond donors (Lipinski definition) is 2. The molecule has 98 valence electrons. The molecule has 0 spiro atoms. The van der Waals surface area contributed by atoms with Crippen molar-refractivity contribution in [2.24, 2.45) is 11.8 Å². The van der Waals surface area contributed by atoms with Gasteiger partial charge in [0.1, 0.15) is 0 Å². The van der Waals surface area contributed by atoms with E-state index in [0.717, 1.165) is 5.92 Å². The summed E-state index contributed by atoms with van der Waals surface area (Å²) >= 11 is 3.72. The second-order valence-corrected chi connectivity index (χ2v) is 7.32. The molecule has 0 amide bonds. The Labute approximate surface area is 116 Å². The van der Waals surface area contributed by atoms with Crippen LogP contribution in [-0.2, 0) is 0 Å². The van der Waals surface area contributed by atoms with E-state index in [1.165, 1.54) is 52.8 Å². The van der Waals surface area contributed by atoms with Gasteiger partial charge in [0, 0.05) is 14.3 Å². The number of hydrazine groups is 1. The van der Waals surface area contributed by atoms with Crippen molar-refractivity contribution < 1.29 is 0 Å². The lowest BCUT2D eigenvalue weighted by atomic mass is 9.84. The SMILES string of the molecule is NNC(CC1CCCCC1)c1cc2sccc2s1. The topological polar surface area (TPSA) is 38.0 Å². The van der Waals surface area contributed by atoms with Gasteiger partial charge < -0.3 is 0 Å².